The Bertz CT molecular complexity index is 1000. The number of hydrogen-bond donors (Lipinski definition) is 3. The van der Waals surface area contributed by atoms with E-state index >= 15 is 0 Å². The molecule has 0 bridgehead atoms. The maximum absolute atomic E-state index is 12.0. The van der Waals surface area contributed by atoms with E-state index in [1.54, 1.807) is 18.3 Å². The molecule has 1 aromatic carbocycles. The standard InChI is InChI=1S/C15H16N4O5S2/c1-26(23,24)10-4-5-12(13(9-10)19(21)22)16-7-8-17-14(20)11-3-2-6-18-15(11)25/h2-6,9,16H,7-8H2,1H3,(H,17,20)(H,18,25). The number of hydrogen-bond acceptors (Lipinski definition) is 7. The number of H-pyrrole nitrogens is 1. The van der Waals surface area contributed by atoms with E-state index < -0.39 is 14.8 Å². The fourth-order valence-corrected chi connectivity index (χ4v) is 2.98. The van der Waals surface area contributed by atoms with Crippen molar-refractivity contribution in [3.63, 3.8) is 0 Å². The minimum Gasteiger partial charge on any atom is -0.378 e. The highest BCUT2D eigenvalue weighted by Gasteiger charge is 2.18. The Morgan fingerprint density at radius 3 is 2.65 bits per heavy atom. The van der Waals surface area contributed by atoms with Gasteiger partial charge in [-0.15, -0.1) is 0 Å². The van der Waals surface area contributed by atoms with Crippen molar-refractivity contribution in [1.29, 1.82) is 0 Å². The number of carbonyl (C=O) groups is 1. The summed E-state index contributed by atoms with van der Waals surface area (Å²) in [5.74, 6) is -0.365. The number of nitro benzene ring substituents is 1. The van der Waals surface area contributed by atoms with Gasteiger partial charge in [-0.3, -0.25) is 14.9 Å². The van der Waals surface area contributed by atoms with Gasteiger partial charge in [-0.05, 0) is 24.3 Å². The average molecular weight is 396 g/mol. The molecule has 11 heteroatoms. The van der Waals surface area contributed by atoms with E-state index in [1.807, 2.05) is 0 Å². The van der Waals surface area contributed by atoms with Crippen molar-refractivity contribution in [2.75, 3.05) is 24.7 Å². The van der Waals surface area contributed by atoms with Crippen molar-refractivity contribution >= 4 is 39.3 Å². The number of aromatic amines is 1. The van der Waals surface area contributed by atoms with E-state index in [0.717, 1.165) is 12.3 Å². The third-order valence-electron chi connectivity index (χ3n) is 3.38. The van der Waals surface area contributed by atoms with Gasteiger partial charge in [-0.1, -0.05) is 12.2 Å². The molecule has 1 heterocycles. The van der Waals surface area contributed by atoms with Crippen LogP contribution in [0.4, 0.5) is 11.4 Å². The molecule has 26 heavy (non-hydrogen) atoms. The van der Waals surface area contributed by atoms with Crippen LogP contribution >= 0.6 is 12.2 Å². The fourth-order valence-electron chi connectivity index (χ4n) is 2.11. The monoisotopic (exact) mass is 396 g/mol. The number of nitro groups is 1. The molecule has 1 amide bonds. The van der Waals surface area contributed by atoms with Gasteiger partial charge >= 0.3 is 0 Å². The van der Waals surface area contributed by atoms with Crippen molar-refractivity contribution in [2.45, 2.75) is 4.90 Å². The minimum atomic E-state index is -3.55. The molecule has 2 aromatic rings. The molecule has 0 fully saturated rings. The van der Waals surface area contributed by atoms with Crippen LogP contribution in [-0.2, 0) is 9.84 Å². The van der Waals surface area contributed by atoms with Crippen molar-refractivity contribution < 1.29 is 18.1 Å². The molecule has 0 aliphatic heterocycles. The normalized spacial score (nSPS) is 11.0. The van der Waals surface area contributed by atoms with Gasteiger partial charge in [0.1, 0.15) is 10.3 Å². The van der Waals surface area contributed by atoms with Crippen LogP contribution in [0.25, 0.3) is 0 Å². The molecule has 0 radical (unpaired) electrons. The molecular weight excluding hydrogens is 380 g/mol. The molecule has 3 N–H and O–H groups in total. The molecule has 138 valence electrons. The van der Waals surface area contributed by atoms with Gasteiger partial charge in [0.2, 0.25) is 0 Å². The number of carbonyl (C=O) groups excluding carboxylic acids is 1. The van der Waals surface area contributed by atoms with Gasteiger partial charge in [0.15, 0.2) is 9.84 Å². The van der Waals surface area contributed by atoms with Crippen LogP contribution in [0.5, 0.6) is 0 Å². The maximum Gasteiger partial charge on any atom is 0.293 e. The summed E-state index contributed by atoms with van der Waals surface area (Å²) in [7, 11) is -3.55. The van der Waals surface area contributed by atoms with E-state index in [4.69, 9.17) is 12.2 Å². The molecule has 2 rings (SSSR count). The summed E-state index contributed by atoms with van der Waals surface area (Å²) < 4.78 is 23.3. The zero-order valence-corrected chi connectivity index (χ0v) is 15.3. The van der Waals surface area contributed by atoms with Crippen LogP contribution in [0.15, 0.2) is 41.4 Å². The van der Waals surface area contributed by atoms with Crippen molar-refractivity contribution in [1.82, 2.24) is 10.3 Å². The number of anilines is 1. The van der Waals surface area contributed by atoms with E-state index in [0.29, 0.717) is 10.2 Å². The number of pyridine rings is 1. The molecule has 0 saturated carbocycles. The third kappa shape index (κ3) is 4.86. The zero-order chi connectivity index (χ0) is 19.3. The lowest BCUT2D eigenvalue weighted by molar-refractivity contribution is -0.384. The lowest BCUT2D eigenvalue weighted by atomic mass is 10.2. The fraction of sp³-hybridized carbons (Fsp3) is 0.200. The number of amides is 1. The molecule has 0 saturated heterocycles. The van der Waals surface area contributed by atoms with Gasteiger partial charge in [-0.25, -0.2) is 8.42 Å². The Kier molecular flexibility index (Phi) is 6.05. The Morgan fingerprint density at radius 1 is 1.31 bits per heavy atom. The van der Waals surface area contributed by atoms with E-state index in [-0.39, 0.29) is 35.3 Å². The summed E-state index contributed by atoms with van der Waals surface area (Å²) in [4.78, 5) is 25.1. The predicted molar refractivity (Wildman–Crippen MR) is 98.7 cm³/mol. The molecule has 0 spiro atoms. The quantitative estimate of drug-likeness (QED) is 0.282. The number of nitrogens with zero attached hydrogens (tertiary/aromatic N) is 1. The Hall–Kier alpha value is -2.79. The maximum atomic E-state index is 12.0. The van der Waals surface area contributed by atoms with E-state index in [9.17, 15) is 23.3 Å². The number of benzene rings is 1. The van der Waals surface area contributed by atoms with Crippen LogP contribution < -0.4 is 10.6 Å². The third-order valence-corrected chi connectivity index (χ3v) is 4.83. The van der Waals surface area contributed by atoms with Gasteiger partial charge < -0.3 is 15.6 Å². The van der Waals surface area contributed by atoms with Gasteiger partial charge in [0.25, 0.3) is 11.6 Å². The predicted octanol–water partition coefficient (Wildman–Crippen LogP) is 1.90. The summed E-state index contributed by atoms with van der Waals surface area (Å²) in [5, 5.41) is 16.6. The molecule has 0 unspecified atom stereocenters. The number of sulfone groups is 1. The summed E-state index contributed by atoms with van der Waals surface area (Å²) in [6.45, 7) is 0.390. The first-order valence-electron chi connectivity index (χ1n) is 7.38. The highest BCUT2D eigenvalue weighted by atomic mass is 32.2. The van der Waals surface area contributed by atoms with Crippen LogP contribution in [0.2, 0.25) is 0 Å². The lowest BCUT2D eigenvalue weighted by Crippen LogP contribution is -2.29. The van der Waals surface area contributed by atoms with E-state index in [2.05, 4.69) is 15.6 Å². The van der Waals surface area contributed by atoms with Gasteiger partial charge in [0, 0.05) is 31.6 Å². The Morgan fingerprint density at radius 2 is 2.04 bits per heavy atom. The van der Waals surface area contributed by atoms with Crippen LogP contribution in [0, 0.1) is 14.8 Å². The number of aromatic nitrogens is 1. The second-order valence-corrected chi connectivity index (χ2v) is 7.73. The summed E-state index contributed by atoms with van der Waals surface area (Å²) in [5.41, 5.74) is 0.129. The lowest BCUT2D eigenvalue weighted by Gasteiger charge is -2.09. The minimum absolute atomic E-state index is 0.138. The molecular formula is C15H16N4O5S2. The van der Waals surface area contributed by atoms with E-state index in [1.165, 1.54) is 12.1 Å². The topological polar surface area (TPSA) is 134 Å². The highest BCUT2D eigenvalue weighted by Crippen LogP contribution is 2.27. The summed E-state index contributed by atoms with van der Waals surface area (Å²) in [6, 6.07) is 6.84. The highest BCUT2D eigenvalue weighted by molar-refractivity contribution is 7.90. The molecule has 9 nitrogen and oxygen atoms in total. The number of rotatable bonds is 7. The van der Waals surface area contributed by atoms with Crippen molar-refractivity contribution in [3.8, 4) is 0 Å². The molecule has 0 aliphatic carbocycles. The average Bonchev–Trinajstić information content (AvgIpc) is 2.58. The van der Waals surface area contributed by atoms with Crippen LogP contribution in [0.1, 0.15) is 10.4 Å². The second kappa shape index (κ2) is 8.06. The first-order valence-corrected chi connectivity index (χ1v) is 9.68. The second-order valence-electron chi connectivity index (χ2n) is 5.30. The first kappa shape index (κ1) is 19.5. The number of nitrogens with one attached hydrogen (secondary N) is 3. The summed E-state index contributed by atoms with van der Waals surface area (Å²) in [6.07, 6.45) is 2.59. The first-order chi connectivity index (χ1) is 12.2. The van der Waals surface area contributed by atoms with Crippen molar-refractivity contribution in [3.05, 3.63) is 56.8 Å². The Labute approximate surface area is 154 Å². The molecule has 0 atom stereocenters. The zero-order valence-electron chi connectivity index (χ0n) is 13.7. The van der Waals surface area contributed by atoms with Crippen LogP contribution in [0.3, 0.4) is 0 Å². The van der Waals surface area contributed by atoms with Gasteiger partial charge in [0.05, 0.1) is 15.4 Å². The summed E-state index contributed by atoms with van der Waals surface area (Å²) >= 11 is 5.02. The SMILES string of the molecule is CS(=O)(=O)c1ccc(NCCNC(=O)c2ccc[nH]c2=S)c([N+](=O)[O-])c1. The van der Waals surface area contributed by atoms with Gasteiger partial charge in [-0.2, -0.15) is 0 Å². The smallest absolute Gasteiger partial charge is 0.293 e. The molecule has 1 aromatic heterocycles. The Balaban J connectivity index is 2.01. The van der Waals surface area contributed by atoms with Crippen molar-refractivity contribution in [2.24, 2.45) is 0 Å². The van der Waals surface area contributed by atoms with Crippen LogP contribution in [-0.4, -0.2) is 43.6 Å². The largest absolute Gasteiger partial charge is 0.378 e. The molecule has 0 aliphatic rings.